The highest BCUT2D eigenvalue weighted by Crippen LogP contribution is 2.37. The summed E-state index contributed by atoms with van der Waals surface area (Å²) in [5.41, 5.74) is -1.27. The van der Waals surface area contributed by atoms with Crippen LogP contribution in [0.25, 0.3) is 0 Å². The maximum absolute atomic E-state index is 12.6. The molecular formula is C14H14N4O3. The van der Waals surface area contributed by atoms with Gasteiger partial charge in [0.2, 0.25) is 0 Å². The Kier molecular flexibility index (Phi) is 3.95. The first-order valence-electron chi connectivity index (χ1n) is 6.48. The van der Waals surface area contributed by atoms with E-state index in [1.807, 2.05) is 12.1 Å². The van der Waals surface area contributed by atoms with Crippen LogP contribution in [0.2, 0.25) is 0 Å². The molecule has 3 amide bonds. The van der Waals surface area contributed by atoms with Gasteiger partial charge in [-0.05, 0) is 19.1 Å². The number of nitriles is 2. The van der Waals surface area contributed by atoms with E-state index in [4.69, 9.17) is 14.9 Å². The van der Waals surface area contributed by atoms with Crippen molar-refractivity contribution in [3.8, 4) is 12.1 Å². The second kappa shape index (κ2) is 5.68. The number of nitrogens with zero attached hydrogens (tertiary/aromatic N) is 4. The molecule has 7 nitrogen and oxygen atoms in total. The molecular weight excluding hydrogens is 272 g/mol. The van der Waals surface area contributed by atoms with Crippen molar-refractivity contribution in [3.05, 3.63) is 24.2 Å². The summed E-state index contributed by atoms with van der Waals surface area (Å²) in [6, 6.07) is 6.64. The molecule has 108 valence electrons. The molecule has 2 rings (SSSR count). The lowest BCUT2D eigenvalue weighted by molar-refractivity contribution is -0.133. The Morgan fingerprint density at radius 1 is 1.24 bits per heavy atom. The zero-order valence-electron chi connectivity index (χ0n) is 11.6. The van der Waals surface area contributed by atoms with Gasteiger partial charge in [0.25, 0.3) is 5.91 Å². The quantitative estimate of drug-likeness (QED) is 0.765. The van der Waals surface area contributed by atoms with Crippen molar-refractivity contribution < 1.29 is 14.0 Å². The Hall–Kier alpha value is -2.80. The molecule has 0 bridgehead atoms. The average molecular weight is 286 g/mol. The Balaban J connectivity index is 2.40. The van der Waals surface area contributed by atoms with Crippen LogP contribution in [0.5, 0.6) is 0 Å². The molecule has 0 aromatic carbocycles. The van der Waals surface area contributed by atoms with Crippen molar-refractivity contribution in [1.29, 1.82) is 10.5 Å². The van der Waals surface area contributed by atoms with Gasteiger partial charge in [-0.25, -0.2) is 4.79 Å². The number of carbonyl (C=O) groups is 2. The van der Waals surface area contributed by atoms with Gasteiger partial charge in [0, 0.05) is 13.1 Å². The van der Waals surface area contributed by atoms with Gasteiger partial charge in [0.15, 0.2) is 5.54 Å². The van der Waals surface area contributed by atoms with Crippen LogP contribution in [-0.4, -0.2) is 34.8 Å². The first-order chi connectivity index (χ1) is 10.1. The number of hydrogen-bond donors (Lipinski definition) is 0. The fourth-order valence-electron chi connectivity index (χ4n) is 2.44. The van der Waals surface area contributed by atoms with Crippen LogP contribution < -0.4 is 0 Å². The van der Waals surface area contributed by atoms with E-state index in [1.165, 1.54) is 11.2 Å². The minimum Gasteiger partial charge on any atom is -0.466 e. The maximum Gasteiger partial charge on any atom is 0.328 e. The van der Waals surface area contributed by atoms with E-state index in [0.717, 1.165) is 4.90 Å². The second-order valence-electron chi connectivity index (χ2n) is 4.76. The number of urea groups is 1. The Labute approximate surface area is 121 Å². The fraction of sp³-hybridized carbons (Fsp3) is 0.429. The lowest BCUT2D eigenvalue weighted by atomic mass is 9.97. The first kappa shape index (κ1) is 14.6. The number of carbonyl (C=O) groups excluding carboxylic acids is 2. The Morgan fingerprint density at radius 3 is 2.48 bits per heavy atom. The fourth-order valence-corrected chi connectivity index (χ4v) is 2.44. The largest absolute Gasteiger partial charge is 0.466 e. The number of hydrogen-bond acceptors (Lipinski definition) is 5. The predicted molar refractivity (Wildman–Crippen MR) is 70.3 cm³/mol. The molecule has 1 saturated heterocycles. The van der Waals surface area contributed by atoms with Crippen molar-refractivity contribution in [1.82, 2.24) is 9.80 Å². The predicted octanol–water partition coefficient (Wildman–Crippen LogP) is 1.59. The monoisotopic (exact) mass is 286 g/mol. The Bertz CT molecular complexity index is 626. The summed E-state index contributed by atoms with van der Waals surface area (Å²) in [4.78, 5) is 27.4. The highest BCUT2D eigenvalue weighted by molar-refractivity contribution is 6.06. The lowest BCUT2D eigenvalue weighted by Gasteiger charge is -2.29. The number of imide groups is 1. The topological polar surface area (TPSA) is 101 Å². The first-order valence-corrected chi connectivity index (χ1v) is 6.48. The van der Waals surface area contributed by atoms with Crippen molar-refractivity contribution in [2.45, 2.75) is 25.3 Å². The second-order valence-corrected chi connectivity index (χ2v) is 4.76. The van der Waals surface area contributed by atoms with Crippen LogP contribution in [0.1, 0.15) is 25.5 Å². The molecule has 0 spiro atoms. The standard InChI is InChI=1S/C14H14N4O3/c1-14(11-5-2-10-21-11)12(19)17(8-3-6-15)13(20)18(14)9-4-7-16/h2,5,10H,3-4,8-9H2,1H3/t14-/m0/s1. The minimum atomic E-state index is -1.27. The third kappa shape index (κ3) is 2.23. The summed E-state index contributed by atoms with van der Waals surface area (Å²) in [6.07, 6.45) is 1.61. The molecule has 1 atom stereocenters. The van der Waals surface area contributed by atoms with Crippen LogP contribution in [0.4, 0.5) is 4.79 Å². The van der Waals surface area contributed by atoms with Crippen molar-refractivity contribution in [3.63, 3.8) is 0 Å². The number of rotatable bonds is 5. The molecule has 1 fully saturated rings. The van der Waals surface area contributed by atoms with Crippen LogP contribution in [0, 0.1) is 22.7 Å². The van der Waals surface area contributed by atoms with Gasteiger partial charge in [0.05, 0.1) is 31.2 Å². The van der Waals surface area contributed by atoms with Gasteiger partial charge in [-0.15, -0.1) is 0 Å². The van der Waals surface area contributed by atoms with Crippen LogP contribution in [0.3, 0.4) is 0 Å². The molecule has 1 aliphatic rings. The molecule has 0 aliphatic carbocycles. The van der Waals surface area contributed by atoms with E-state index in [0.29, 0.717) is 5.76 Å². The van der Waals surface area contributed by atoms with Gasteiger partial charge >= 0.3 is 6.03 Å². The van der Waals surface area contributed by atoms with Gasteiger partial charge in [0.1, 0.15) is 5.76 Å². The zero-order chi connectivity index (χ0) is 15.5. The molecule has 1 aromatic rings. The highest BCUT2D eigenvalue weighted by atomic mass is 16.3. The molecule has 2 heterocycles. The normalized spacial score (nSPS) is 21.5. The van der Waals surface area contributed by atoms with Crippen molar-refractivity contribution in [2.24, 2.45) is 0 Å². The number of amides is 3. The SMILES string of the molecule is C[C@]1(c2ccco2)C(=O)N(CCC#N)C(=O)N1CCC#N. The molecule has 1 aliphatic heterocycles. The molecule has 0 N–H and O–H groups in total. The summed E-state index contributed by atoms with van der Waals surface area (Å²) in [5, 5.41) is 17.4. The molecule has 7 heteroatoms. The minimum absolute atomic E-state index is 0.0352. The zero-order valence-corrected chi connectivity index (χ0v) is 11.6. The molecule has 0 radical (unpaired) electrons. The van der Waals surface area contributed by atoms with E-state index in [9.17, 15) is 9.59 Å². The van der Waals surface area contributed by atoms with E-state index >= 15 is 0 Å². The van der Waals surface area contributed by atoms with Crippen LogP contribution >= 0.6 is 0 Å². The third-order valence-electron chi connectivity index (χ3n) is 3.56. The third-order valence-corrected chi connectivity index (χ3v) is 3.56. The summed E-state index contributed by atoms with van der Waals surface area (Å²) in [5.74, 6) is -0.0890. The van der Waals surface area contributed by atoms with E-state index < -0.39 is 17.5 Å². The summed E-state index contributed by atoms with van der Waals surface area (Å²) >= 11 is 0. The molecule has 0 unspecified atom stereocenters. The van der Waals surface area contributed by atoms with Crippen LogP contribution in [-0.2, 0) is 10.3 Å². The highest BCUT2D eigenvalue weighted by Gasteiger charge is 2.56. The van der Waals surface area contributed by atoms with Gasteiger partial charge < -0.3 is 9.32 Å². The van der Waals surface area contributed by atoms with Crippen LogP contribution in [0.15, 0.2) is 22.8 Å². The van der Waals surface area contributed by atoms with Gasteiger partial charge in [-0.1, -0.05) is 0 Å². The molecule has 0 saturated carbocycles. The van der Waals surface area contributed by atoms with E-state index in [2.05, 4.69) is 0 Å². The lowest BCUT2D eigenvalue weighted by Crippen LogP contribution is -2.44. The average Bonchev–Trinajstić information content (AvgIpc) is 3.06. The smallest absolute Gasteiger partial charge is 0.328 e. The molecule has 21 heavy (non-hydrogen) atoms. The van der Waals surface area contributed by atoms with Crippen molar-refractivity contribution in [2.75, 3.05) is 13.1 Å². The number of furan rings is 1. The maximum atomic E-state index is 12.6. The summed E-state index contributed by atoms with van der Waals surface area (Å²) in [6.45, 7) is 1.75. The molecule has 1 aromatic heterocycles. The summed E-state index contributed by atoms with van der Waals surface area (Å²) in [7, 11) is 0. The summed E-state index contributed by atoms with van der Waals surface area (Å²) < 4.78 is 5.31. The van der Waals surface area contributed by atoms with Gasteiger partial charge in [-0.3, -0.25) is 9.69 Å². The van der Waals surface area contributed by atoms with Gasteiger partial charge in [-0.2, -0.15) is 10.5 Å². The van der Waals surface area contributed by atoms with E-state index in [-0.39, 0.29) is 25.9 Å². The Morgan fingerprint density at radius 2 is 1.90 bits per heavy atom. The van der Waals surface area contributed by atoms with Crippen molar-refractivity contribution >= 4 is 11.9 Å². The van der Waals surface area contributed by atoms with E-state index in [1.54, 1.807) is 19.1 Å².